The van der Waals surface area contributed by atoms with Gasteiger partial charge in [-0.1, -0.05) is 6.92 Å². The molecule has 76 valence electrons. The molecular weight excluding hydrogens is 179 g/mol. The number of alkyl halides is 1. The van der Waals surface area contributed by atoms with Gasteiger partial charge in [-0.25, -0.2) is 4.39 Å². The van der Waals surface area contributed by atoms with Crippen molar-refractivity contribution in [3.63, 3.8) is 0 Å². The summed E-state index contributed by atoms with van der Waals surface area (Å²) >= 11 is 0. The van der Waals surface area contributed by atoms with Crippen LogP contribution in [0.25, 0.3) is 0 Å². The zero-order chi connectivity index (χ0) is 10.0. The molecule has 0 amide bonds. The largest absolute Gasteiger partial charge is 0.433 e. The fraction of sp³-hybridized carbons (Fsp3) is 0.875. The minimum absolute atomic E-state index is 0.265. The Morgan fingerprint density at radius 2 is 2.31 bits per heavy atom. The molecule has 5 heteroatoms. The van der Waals surface area contributed by atoms with Crippen LogP contribution in [0.1, 0.15) is 13.8 Å². The molecule has 1 heterocycles. The normalized spacial score (nSPS) is 39.1. The first kappa shape index (κ1) is 10.4. The molecule has 0 aromatic rings. The minimum Gasteiger partial charge on any atom is -0.433 e. The van der Waals surface area contributed by atoms with E-state index in [1.165, 1.54) is 6.92 Å². The molecule has 4 nitrogen and oxygen atoms in total. The van der Waals surface area contributed by atoms with Crippen LogP contribution in [-0.4, -0.2) is 36.2 Å². The van der Waals surface area contributed by atoms with Gasteiger partial charge in [0.25, 0.3) is 0 Å². The Balaban J connectivity index is 2.55. The summed E-state index contributed by atoms with van der Waals surface area (Å²) < 4.78 is 22.8. The Labute approximate surface area is 75.6 Å². The zero-order valence-corrected chi connectivity index (χ0v) is 7.57. The third-order valence-corrected chi connectivity index (χ3v) is 2.12. The summed E-state index contributed by atoms with van der Waals surface area (Å²) in [5.41, 5.74) is 0. The lowest BCUT2D eigenvalue weighted by atomic mass is 10.0. The summed E-state index contributed by atoms with van der Waals surface area (Å²) in [6.45, 7) is 2.53. The third kappa shape index (κ3) is 2.16. The van der Waals surface area contributed by atoms with Crippen LogP contribution in [0.5, 0.6) is 0 Å². The first-order valence-corrected chi connectivity index (χ1v) is 4.14. The van der Waals surface area contributed by atoms with Crippen molar-refractivity contribution < 1.29 is 23.8 Å². The second-order valence-corrected chi connectivity index (χ2v) is 3.14. The number of rotatable bonds is 2. The topological polar surface area (TPSA) is 55.8 Å². The van der Waals surface area contributed by atoms with Gasteiger partial charge in [0.15, 0.2) is 6.17 Å². The van der Waals surface area contributed by atoms with Crippen LogP contribution < -0.4 is 0 Å². The highest BCUT2D eigenvalue weighted by Crippen LogP contribution is 2.29. The van der Waals surface area contributed by atoms with Crippen molar-refractivity contribution in [2.24, 2.45) is 5.92 Å². The predicted molar refractivity (Wildman–Crippen MR) is 41.6 cm³/mol. The SMILES string of the molecule is CC(=O)OC1OC(CO)C(C)C1F. The Morgan fingerprint density at radius 1 is 1.69 bits per heavy atom. The number of carbonyl (C=O) groups is 1. The lowest BCUT2D eigenvalue weighted by Gasteiger charge is -2.12. The molecule has 0 radical (unpaired) electrons. The maximum Gasteiger partial charge on any atom is 0.305 e. The first-order valence-electron chi connectivity index (χ1n) is 4.14. The number of carbonyl (C=O) groups excluding carboxylic acids is 1. The summed E-state index contributed by atoms with van der Waals surface area (Å²) in [5, 5.41) is 8.77. The van der Waals surface area contributed by atoms with Gasteiger partial charge >= 0.3 is 5.97 Å². The van der Waals surface area contributed by atoms with Crippen molar-refractivity contribution in [2.75, 3.05) is 6.61 Å². The van der Waals surface area contributed by atoms with E-state index in [2.05, 4.69) is 4.74 Å². The highest BCUT2D eigenvalue weighted by molar-refractivity contribution is 5.66. The molecular formula is C8H13FO4. The molecule has 0 spiro atoms. The molecule has 0 bridgehead atoms. The Kier molecular flexibility index (Phi) is 3.22. The van der Waals surface area contributed by atoms with Crippen molar-refractivity contribution >= 4 is 5.97 Å². The quantitative estimate of drug-likeness (QED) is 0.637. The summed E-state index contributed by atoms with van der Waals surface area (Å²) in [6, 6.07) is 0. The van der Waals surface area contributed by atoms with Gasteiger partial charge in [-0.15, -0.1) is 0 Å². The van der Waals surface area contributed by atoms with Crippen LogP contribution in [0.2, 0.25) is 0 Å². The molecule has 0 saturated carbocycles. The van der Waals surface area contributed by atoms with Gasteiger partial charge in [-0.05, 0) is 0 Å². The van der Waals surface area contributed by atoms with Crippen LogP contribution in [-0.2, 0) is 14.3 Å². The van der Waals surface area contributed by atoms with Gasteiger partial charge in [0.1, 0.15) is 0 Å². The first-order chi connectivity index (χ1) is 6.06. The average Bonchev–Trinajstić information content (AvgIpc) is 2.32. The lowest BCUT2D eigenvalue weighted by molar-refractivity contribution is -0.182. The van der Waals surface area contributed by atoms with Gasteiger partial charge < -0.3 is 14.6 Å². The molecule has 1 aliphatic rings. The Bertz CT molecular complexity index is 197. The molecule has 4 atom stereocenters. The third-order valence-electron chi connectivity index (χ3n) is 2.12. The zero-order valence-electron chi connectivity index (χ0n) is 7.57. The molecule has 4 unspecified atom stereocenters. The van der Waals surface area contributed by atoms with Crippen molar-refractivity contribution in [3.05, 3.63) is 0 Å². The van der Waals surface area contributed by atoms with E-state index in [0.29, 0.717) is 0 Å². The number of aliphatic hydroxyl groups excluding tert-OH is 1. The van der Waals surface area contributed by atoms with Crippen LogP contribution in [0.3, 0.4) is 0 Å². The van der Waals surface area contributed by atoms with Crippen LogP contribution >= 0.6 is 0 Å². The molecule has 0 aromatic carbocycles. The molecule has 0 aliphatic carbocycles. The van der Waals surface area contributed by atoms with Crippen molar-refractivity contribution in [1.82, 2.24) is 0 Å². The van der Waals surface area contributed by atoms with E-state index in [0.717, 1.165) is 0 Å². The predicted octanol–water partition coefficient (Wildman–Crippen LogP) is 0.241. The van der Waals surface area contributed by atoms with Crippen LogP contribution in [0.15, 0.2) is 0 Å². The van der Waals surface area contributed by atoms with Gasteiger partial charge in [0.05, 0.1) is 12.7 Å². The maximum absolute atomic E-state index is 13.3. The number of hydrogen-bond acceptors (Lipinski definition) is 4. The van der Waals surface area contributed by atoms with Crippen LogP contribution in [0, 0.1) is 5.92 Å². The molecule has 1 saturated heterocycles. The maximum atomic E-state index is 13.3. The van der Waals surface area contributed by atoms with Crippen LogP contribution in [0.4, 0.5) is 4.39 Å². The highest BCUT2D eigenvalue weighted by atomic mass is 19.1. The molecule has 1 aliphatic heterocycles. The summed E-state index contributed by atoms with van der Waals surface area (Å²) in [4.78, 5) is 10.5. The van der Waals surface area contributed by atoms with Gasteiger partial charge in [-0.2, -0.15) is 0 Å². The average molecular weight is 192 g/mol. The standard InChI is InChI=1S/C8H13FO4/c1-4-6(3-10)13-8(7(4)9)12-5(2)11/h4,6-8,10H,3H2,1-2H3. The highest BCUT2D eigenvalue weighted by Gasteiger charge is 2.43. The van der Waals surface area contributed by atoms with Crippen molar-refractivity contribution in [2.45, 2.75) is 32.4 Å². The number of esters is 1. The molecule has 0 aromatic heterocycles. The van der Waals surface area contributed by atoms with E-state index in [9.17, 15) is 9.18 Å². The minimum atomic E-state index is -1.36. The fourth-order valence-corrected chi connectivity index (χ4v) is 1.29. The fourth-order valence-electron chi connectivity index (χ4n) is 1.29. The number of ether oxygens (including phenoxy) is 2. The smallest absolute Gasteiger partial charge is 0.305 e. The van der Waals surface area contributed by atoms with Crippen molar-refractivity contribution in [1.29, 1.82) is 0 Å². The summed E-state index contributed by atoms with van der Waals surface area (Å²) in [6.07, 6.45) is -3.11. The number of hydrogen-bond donors (Lipinski definition) is 1. The van der Waals surface area contributed by atoms with E-state index < -0.39 is 30.5 Å². The van der Waals surface area contributed by atoms with E-state index in [-0.39, 0.29) is 6.61 Å². The summed E-state index contributed by atoms with van der Waals surface area (Å²) in [5.74, 6) is -1.03. The molecule has 13 heavy (non-hydrogen) atoms. The van der Waals surface area contributed by atoms with Gasteiger partial charge in [0, 0.05) is 12.8 Å². The second-order valence-electron chi connectivity index (χ2n) is 3.14. The lowest BCUT2D eigenvalue weighted by Crippen LogP contribution is -2.25. The monoisotopic (exact) mass is 192 g/mol. The Morgan fingerprint density at radius 3 is 2.69 bits per heavy atom. The summed E-state index contributed by atoms with van der Waals surface area (Å²) in [7, 11) is 0. The molecule has 1 N–H and O–H groups in total. The second kappa shape index (κ2) is 4.02. The van der Waals surface area contributed by atoms with Gasteiger partial charge in [0.2, 0.25) is 6.29 Å². The van der Waals surface area contributed by atoms with Gasteiger partial charge in [-0.3, -0.25) is 4.79 Å². The van der Waals surface area contributed by atoms with E-state index in [1.54, 1.807) is 6.92 Å². The Hall–Kier alpha value is -0.680. The molecule has 1 fully saturated rings. The number of aliphatic hydroxyl groups is 1. The van der Waals surface area contributed by atoms with E-state index in [1.807, 2.05) is 0 Å². The van der Waals surface area contributed by atoms with Crippen molar-refractivity contribution in [3.8, 4) is 0 Å². The molecule has 1 rings (SSSR count). The van der Waals surface area contributed by atoms with E-state index >= 15 is 0 Å². The number of halogens is 1. The van der Waals surface area contributed by atoms with E-state index in [4.69, 9.17) is 9.84 Å².